The van der Waals surface area contributed by atoms with E-state index in [9.17, 15) is 32.8 Å². The number of rotatable bonds is 8. The molecule has 3 rings (SSSR count). The average Bonchev–Trinajstić information content (AvgIpc) is 2.81. The van der Waals surface area contributed by atoms with E-state index in [1.165, 1.54) is 24.4 Å². The second kappa shape index (κ2) is 9.90. The Bertz CT molecular complexity index is 1240. The Morgan fingerprint density at radius 2 is 1.97 bits per heavy atom. The van der Waals surface area contributed by atoms with E-state index in [2.05, 4.69) is 15.3 Å². The van der Waals surface area contributed by atoms with Crippen LogP contribution >= 0.6 is 0 Å². The van der Waals surface area contributed by atoms with Gasteiger partial charge in [0.05, 0.1) is 25.6 Å². The van der Waals surface area contributed by atoms with Gasteiger partial charge in [-0.15, -0.1) is 0 Å². The molecule has 0 aliphatic carbocycles. The molecular formula is C21H16F4N6O2. The molecule has 3 aromatic rings. The van der Waals surface area contributed by atoms with E-state index < -0.39 is 65.7 Å². The molecule has 0 radical (unpaired) electrons. The minimum Gasteiger partial charge on any atom is -0.710 e. The molecule has 0 aliphatic heterocycles. The Balaban J connectivity index is 1.81. The number of anilines is 1. The SMILES string of the molecule is [2H][C@@H](NC(=O)Cc1c(C#N)cc(F)c(NCC(F)(F)c2ccccn2)[n+]1[O-])c1ncccc1F. The predicted molar refractivity (Wildman–Crippen MR) is 106 cm³/mol. The zero-order valence-electron chi connectivity index (χ0n) is 17.7. The first kappa shape index (κ1) is 21.9. The lowest BCUT2D eigenvalue weighted by Crippen LogP contribution is -2.42. The maximum absolute atomic E-state index is 14.4. The molecule has 0 saturated carbocycles. The molecule has 12 heteroatoms. The number of nitriles is 1. The normalized spacial score (nSPS) is 12.4. The van der Waals surface area contributed by atoms with E-state index in [1.807, 2.05) is 5.32 Å². The first-order valence-corrected chi connectivity index (χ1v) is 9.34. The molecule has 0 saturated heterocycles. The number of nitrogens with zero attached hydrogens (tertiary/aromatic N) is 4. The zero-order chi connectivity index (χ0) is 24.9. The van der Waals surface area contributed by atoms with Gasteiger partial charge >= 0.3 is 11.7 Å². The summed E-state index contributed by atoms with van der Waals surface area (Å²) < 4.78 is 64.6. The van der Waals surface area contributed by atoms with Crippen molar-refractivity contribution in [1.82, 2.24) is 15.3 Å². The Morgan fingerprint density at radius 3 is 2.64 bits per heavy atom. The van der Waals surface area contributed by atoms with Crippen LogP contribution in [0.2, 0.25) is 0 Å². The van der Waals surface area contributed by atoms with Crippen LogP contribution in [0, 0.1) is 28.2 Å². The molecule has 33 heavy (non-hydrogen) atoms. The van der Waals surface area contributed by atoms with Crippen molar-refractivity contribution in [3.63, 3.8) is 0 Å². The van der Waals surface area contributed by atoms with Gasteiger partial charge in [-0.2, -0.15) is 18.4 Å². The van der Waals surface area contributed by atoms with Crippen LogP contribution in [-0.2, 0) is 23.7 Å². The zero-order valence-corrected chi connectivity index (χ0v) is 16.7. The standard InChI is InChI=1S/C21H16F4N6O2/c22-14-4-3-7-27-16(14)11-29-19(32)9-17-13(10-26)8-15(23)20(31(17)33)30-12-21(24,25)18-5-1-2-6-28-18/h1-8,30H,9,11-12H2,(H,29,32)/i11D/t11-/m1/s1. The average molecular weight is 461 g/mol. The van der Waals surface area contributed by atoms with Crippen molar-refractivity contribution >= 4 is 11.7 Å². The highest BCUT2D eigenvalue weighted by Crippen LogP contribution is 2.26. The molecule has 170 valence electrons. The Labute approximate surface area is 186 Å². The van der Waals surface area contributed by atoms with E-state index in [0.717, 1.165) is 18.3 Å². The molecule has 0 bridgehead atoms. The van der Waals surface area contributed by atoms with Gasteiger partial charge in [0.15, 0.2) is 6.54 Å². The number of amides is 1. The Morgan fingerprint density at radius 1 is 1.21 bits per heavy atom. The number of alkyl halides is 2. The van der Waals surface area contributed by atoms with Gasteiger partial charge < -0.3 is 10.5 Å². The monoisotopic (exact) mass is 461 g/mol. The smallest absolute Gasteiger partial charge is 0.325 e. The van der Waals surface area contributed by atoms with Crippen LogP contribution in [0.3, 0.4) is 0 Å². The lowest BCUT2D eigenvalue weighted by molar-refractivity contribution is -0.600. The van der Waals surface area contributed by atoms with Crippen LogP contribution in [0.25, 0.3) is 0 Å². The summed E-state index contributed by atoms with van der Waals surface area (Å²) >= 11 is 0. The van der Waals surface area contributed by atoms with E-state index in [1.54, 1.807) is 6.07 Å². The molecule has 0 spiro atoms. The van der Waals surface area contributed by atoms with Crippen LogP contribution in [-0.4, -0.2) is 22.4 Å². The van der Waals surface area contributed by atoms with Gasteiger partial charge in [0.2, 0.25) is 11.7 Å². The summed E-state index contributed by atoms with van der Waals surface area (Å²) in [6.07, 6.45) is 1.54. The topological polar surface area (TPSA) is 118 Å². The molecule has 0 aromatic carbocycles. The van der Waals surface area contributed by atoms with Gasteiger partial charge in [-0.3, -0.25) is 20.1 Å². The van der Waals surface area contributed by atoms with Crippen LogP contribution in [0.15, 0.2) is 48.8 Å². The molecule has 3 aromatic heterocycles. The summed E-state index contributed by atoms with van der Waals surface area (Å²) in [4.78, 5) is 19.5. The fourth-order valence-electron chi connectivity index (χ4n) is 2.76. The lowest BCUT2D eigenvalue weighted by Gasteiger charge is -2.18. The van der Waals surface area contributed by atoms with Gasteiger partial charge in [0, 0.05) is 18.5 Å². The summed E-state index contributed by atoms with van der Waals surface area (Å²) in [5.41, 5.74) is -2.07. The summed E-state index contributed by atoms with van der Waals surface area (Å²) in [6, 6.07) is 8.32. The summed E-state index contributed by atoms with van der Waals surface area (Å²) in [7, 11) is 0. The number of pyridine rings is 3. The fraction of sp³-hybridized carbons (Fsp3) is 0.190. The van der Waals surface area contributed by atoms with Crippen molar-refractivity contribution in [1.29, 1.82) is 5.26 Å². The van der Waals surface area contributed by atoms with Crippen LogP contribution in [0.5, 0.6) is 0 Å². The van der Waals surface area contributed by atoms with Crippen molar-refractivity contribution in [3.05, 3.63) is 88.3 Å². The van der Waals surface area contributed by atoms with Crippen LogP contribution < -0.4 is 15.4 Å². The highest BCUT2D eigenvalue weighted by atomic mass is 19.3. The molecule has 0 unspecified atom stereocenters. The van der Waals surface area contributed by atoms with Gasteiger partial charge in [0.25, 0.3) is 0 Å². The molecule has 0 aliphatic rings. The minimum atomic E-state index is -3.57. The number of hydrogen-bond acceptors (Lipinski definition) is 6. The third-order valence-electron chi connectivity index (χ3n) is 4.38. The number of aromatic nitrogens is 3. The summed E-state index contributed by atoms with van der Waals surface area (Å²) in [5, 5.41) is 26.0. The van der Waals surface area contributed by atoms with Crippen molar-refractivity contribution in [3.8, 4) is 6.07 Å². The van der Waals surface area contributed by atoms with Gasteiger partial charge in [-0.25, -0.2) is 9.12 Å². The fourth-order valence-corrected chi connectivity index (χ4v) is 2.76. The van der Waals surface area contributed by atoms with Crippen LogP contribution in [0.4, 0.5) is 23.4 Å². The molecular weight excluding hydrogens is 444 g/mol. The maximum Gasteiger partial charge on any atom is 0.325 e. The second-order valence-electron chi connectivity index (χ2n) is 6.64. The largest absolute Gasteiger partial charge is 0.710 e. The first-order valence-electron chi connectivity index (χ1n) is 9.92. The van der Waals surface area contributed by atoms with Crippen molar-refractivity contribution in [2.45, 2.75) is 18.9 Å². The quantitative estimate of drug-likeness (QED) is 0.302. The van der Waals surface area contributed by atoms with Gasteiger partial charge in [-0.05, 0) is 24.3 Å². The second-order valence-corrected chi connectivity index (χ2v) is 6.64. The molecule has 0 fully saturated rings. The molecule has 2 N–H and O–H groups in total. The molecule has 3 heterocycles. The van der Waals surface area contributed by atoms with Crippen molar-refractivity contribution < 1.29 is 28.5 Å². The number of hydrogen-bond donors (Lipinski definition) is 2. The summed E-state index contributed by atoms with van der Waals surface area (Å²) in [6.45, 7) is -2.83. The minimum absolute atomic E-state index is 0.178. The van der Waals surface area contributed by atoms with E-state index in [4.69, 9.17) is 1.37 Å². The maximum atomic E-state index is 14.4. The van der Waals surface area contributed by atoms with E-state index in [-0.39, 0.29) is 10.4 Å². The number of halogens is 4. The highest BCUT2D eigenvalue weighted by molar-refractivity contribution is 5.78. The molecule has 1 amide bonds. The van der Waals surface area contributed by atoms with Crippen molar-refractivity contribution in [2.24, 2.45) is 0 Å². The Kier molecular flexibility index (Phi) is 6.58. The van der Waals surface area contributed by atoms with E-state index >= 15 is 0 Å². The predicted octanol–water partition coefficient (Wildman–Crippen LogP) is 2.32. The van der Waals surface area contributed by atoms with Gasteiger partial charge in [0.1, 0.15) is 23.3 Å². The highest BCUT2D eigenvalue weighted by Gasteiger charge is 2.36. The first-order chi connectivity index (χ1) is 16.1. The Hall–Kier alpha value is -4.27. The third kappa shape index (κ3) is 5.51. The third-order valence-corrected chi connectivity index (χ3v) is 4.38. The van der Waals surface area contributed by atoms with Crippen LogP contribution in [0.1, 0.15) is 24.0 Å². The summed E-state index contributed by atoms with van der Waals surface area (Å²) in [5.74, 6) is -7.63. The lowest BCUT2D eigenvalue weighted by atomic mass is 10.1. The number of nitrogens with one attached hydrogen (secondary N) is 2. The number of carbonyl (C=O) groups excluding carboxylic acids is 1. The van der Waals surface area contributed by atoms with E-state index in [0.29, 0.717) is 6.07 Å². The molecule has 8 nitrogen and oxygen atoms in total. The number of carbonyl (C=O) groups is 1. The van der Waals surface area contributed by atoms with Crippen molar-refractivity contribution in [2.75, 3.05) is 11.9 Å². The molecule has 1 atom stereocenters. The van der Waals surface area contributed by atoms with Gasteiger partial charge in [-0.1, -0.05) is 6.07 Å².